The summed E-state index contributed by atoms with van der Waals surface area (Å²) < 4.78 is 4.90. The third-order valence-electron chi connectivity index (χ3n) is 3.40. The number of hydrogen-bond acceptors (Lipinski definition) is 5. The number of anilines is 1. The summed E-state index contributed by atoms with van der Waals surface area (Å²) in [5, 5.41) is 6.34. The molecule has 1 aromatic heterocycles. The van der Waals surface area contributed by atoms with Crippen LogP contribution in [-0.4, -0.2) is 42.2 Å². The Labute approximate surface area is 129 Å². The maximum atomic E-state index is 11.9. The largest absolute Gasteiger partial charge is 0.383 e. The lowest BCUT2D eigenvalue weighted by Gasteiger charge is -2.17. The molecule has 116 valence electrons. The highest BCUT2D eigenvalue weighted by molar-refractivity contribution is 6.30. The van der Waals surface area contributed by atoms with Crippen LogP contribution in [0.25, 0.3) is 0 Å². The number of halogens is 1. The summed E-state index contributed by atoms with van der Waals surface area (Å²) >= 11 is 6.15. The van der Waals surface area contributed by atoms with Gasteiger partial charge in [-0.3, -0.25) is 4.79 Å². The van der Waals surface area contributed by atoms with E-state index in [1.165, 1.54) is 0 Å². The van der Waals surface area contributed by atoms with Gasteiger partial charge in [-0.1, -0.05) is 11.6 Å². The van der Waals surface area contributed by atoms with E-state index in [-0.39, 0.29) is 5.91 Å². The van der Waals surface area contributed by atoms with Crippen LogP contribution < -0.4 is 10.6 Å². The molecule has 7 heteroatoms. The minimum atomic E-state index is -0.404. The molecule has 6 nitrogen and oxygen atoms in total. The zero-order valence-electron chi connectivity index (χ0n) is 12.6. The summed E-state index contributed by atoms with van der Waals surface area (Å²) in [6, 6.07) is -0.404. The van der Waals surface area contributed by atoms with Crippen molar-refractivity contribution in [2.24, 2.45) is 0 Å². The van der Waals surface area contributed by atoms with Gasteiger partial charge in [-0.2, -0.15) is 0 Å². The monoisotopic (exact) mass is 312 g/mol. The Kier molecular flexibility index (Phi) is 5.36. The van der Waals surface area contributed by atoms with Gasteiger partial charge >= 0.3 is 0 Å². The minimum absolute atomic E-state index is 0.103. The maximum absolute atomic E-state index is 11.9. The first-order valence-electron chi connectivity index (χ1n) is 7.10. The standard InChI is InChI=1S/C14H21ClN4O2/c1-8-11(15)18-13(10-4-5-10)19-12(8)17-9(2)14(20)16-6-7-21-3/h9-10H,4-7H2,1-3H3,(H,16,20)(H,17,18,19). The van der Waals surface area contributed by atoms with Crippen LogP contribution in [0.5, 0.6) is 0 Å². The quantitative estimate of drug-likeness (QED) is 0.594. The molecule has 1 aliphatic carbocycles. The molecule has 0 saturated heterocycles. The molecule has 0 radical (unpaired) electrons. The van der Waals surface area contributed by atoms with Gasteiger partial charge in [-0.05, 0) is 26.7 Å². The van der Waals surface area contributed by atoms with E-state index in [1.54, 1.807) is 14.0 Å². The van der Waals surface area contributed by atoms with Crippen LogP contribution in [0, 0.1) is 6.92 Å². The van der Waals surface area contributed by atoms with Crippen LogP contribution in [0.4, 0.5) is 5.82 Å². The first-order valence-corrected chi connectivity index (χ1v) is 7.48. The molecule has 21 heavy (non-hydrogen) atoms. The van der Waals surface area contributed by atoms with Gasteiger partial charge in [0.2, 0.25) is 5.91 Å². The number of aromatic nitrogens is 2. The Morgan fingerprint density at radius 3 is 2.81 bits per heavy atom. The SMILES string of the molecule is COCCNC(=O)C(C)Nc1nc(C2CC2)nc(Cl)c1C. The number of nitrogens with zero attached hydrogens (tertiary/aromatic N) is 2. The van der Waals surface area contributed by atoms with Gasteiger partial charge in [-0.15, -0.1) is 0 Å². The maximum Gasteiger partial charge on any atom is 0.242 e. The lowest BCUT2D eigenvalue weighted by Crippen LogP contribution is -2.39. The first-order chi connectivity index (χ1) is 10.0. The summed E-state index contributed by atoms with van der Waals surface area (Å²) in [5.74, 6) is 1.70. The van der Waals surface area contributed by atoms with Crippen molar-refractivity contribution in [3.8, 4) is 0 Å². The first kappa shape index (κ1) is 16.0. The normalized spacial score (nSPS) is 15.6. The second-order valence-corrected chi connectivity index (χ2v) is 5.63. The molecule has 1 saturated carbocycles. The van der Waals surface area contributed by atoms with Crippen LogP contribution in [-0.2, 0) is 9.53 Å². The van der Waals surface area contributed by atoms with Crippen LogP contribution in [0.1, 0.15) is 37.1 Å². The number of ether oxygens (including phenoxy) is 1. The van der Waals surface area contributed by atoms with E-state index >= 15 is 0 Å². The lowest BCUT2D eigenvalue weighted by atomic mass is 10.2. The molecule has 2 N–H and O–H groups in total. The van der Waals surface area contributed by atoms with E-state index in [4.69, 9.17) is 16.3 Å². The zero-order chi connectivity index (χ0) is 15.4. The Hall–Kier alpha value is -1.40. The van der Waals surface area contributed by atoms with Gasteiger partial charge in [0, 0.05) is 25.1 Å². The van der Waals surface area contributed by atoms with E-state index in [2.05, 4.69) is 20.6 Å². The number of amides is 1. The molecular formula is C14H21ClN4O2. The number of nitrogens with one attached hydrogen (secondary N) is 2. The third-order valence-corrected chi connectivity index (χ3v) is 3.77. The average molecular weight is 313 g/mol. The molecule has 1 aromatic rings. The minimum Gasteiger partial charge on any atom is -0.383 e. The molecule has 0 aliphatic heterocycles. The summed E-state index contributed by atoms with van der Waals surface area (Å²) in [6.45, 7) is 4.60. The fourth-order valence-corrected chi connectivity index (χ4v) is 2.05. The van der Waals surface area contributed by atoms with Crippen LogP contribution in [0.15, 0.2) is 0 Å². The van der Waals surface area contributed by atoms with Crippen molar-refractivity contribution >= 4 is 23.3 Å². The van der Waals surface area contributed by atoms with Gasteiger partial charge in [0.15, 0.2) is 0 Å². The molecule has 1 aliphatic rings. The summed E-state index contributed by atoms with van der Waals surface area (Å²) in [5.41, 5.74) is 0.762. The highest BCUT2D eigenvalue weighted by Crippen LogP contribution is 2.39. The second-order valence-electron chi connectivity index (χ2n) is 5.27. The van der Waals surface area contributed by atoms with Crippen molar-refractivity contribution in [2.75, 3.05) is 25.6 Å². The zero-order valence-corrected chi connectivity index (χ0v) is 13.3. The molecule has 0 aromatic carbocycles. The molecule has 0 bridgehead atoms. The molecule has 2 rings (SSSR count). The van der Waals surface area contributed by atoms with Crippen LogP contribution in [0.2, 0.25) is 5.15 Å². The van der Waals surface area contributed by atoms with E-state index in [0.29, 0.717) is 30.0 Å². The predicted molar refractivity (Wildman–Crippen MR) is 81.7 cm³/mol. The van der Waals surface area contributed by atoms with Gasteiger partial charge in [0.05, 0.1) is 6.61 Å². The highest BCUT2D eigenvalue weighted by atomic mass is 35.5. The van der Waals surface area contributed by atoms with Gasteiger partial charge < -0.3 is 15.4 Å². The van der Waals surface area contributed by atoms with Gasteiger partial charge in [-0.25, -0.2) is 9.97 Å². The van der Waals surface area contributed by atoms with Crippen molar-refractivity contribution in [3.63, 3.8) is 0 Å². The molecule has 1 atom stereocenters. The molecule has 1 amide bonds. The molecule has 1 heterocycles. The predicted octanol–water partition coefficient (Wildman–Crippen LogP) is 1.88. The fraction of sp³-hybridized carbons (Fsp3) is 0.643. The molecule has 0 spiro atoms. The smallest absolute Gasteiger partial charge is 0.242 e. The molecule has 1 unspecified atom stereocenters. The fourth-order valence-electron chi connectivity index (χ4n) is 1.87. The third kappa shape index (κ3) is 4.28. The number of hydrogen-bond donors (Lipinski definition) is 2. The number of rotatable bonds is 7. The van der Waals surface area contributed by atoms with E-state index in [9.17, 15) is 4.79 Å². The van der Waals surface area contributed by atoms with E-state index in [1.807, 2.05) is 6.92 Å². The Bertz CT molecular complexity index is 520. The van der Waals surface area contributed by atoms with Crippen molar-refractivity contribution in [1.82, 2.24) is 15.3 Å². The number of methoxy groups -OCH3 is 1. The Morgan fingerprint density at radius 1 is 1.48 bits per heavy atom. The van der Waals surface area contributed by atoms with Crippen molar-refractivity contribution < 1.29 is 9.53 Å². The van der Waals surface area contributed by atoms with Crippen LogP contribution >= 0.6 is 11.6 Å². The average Bonchev–Trinajstić information content (AvgIpc) is 3.28. The van der Waals surface area contributed by atoms with Crippen molar-refractivity contribution in [3.05, 3.63) is 16.5 Å². The Morgan fingerprint density at radius 2 is 2.19 bits per heavy atom. The summed E-state index contributed by atoms with van der Waals surface area (Å²) in [7, 11) is 1.60. The number of carbonyl (C=O) groups excluding carboxylic acids is 1. The topological polar surface area (TPSA) is 76.1 Å². The molecule has 1 fully saturated rings. The van der Waals surface area contributed by atoms with Crippen LogP contribution in [0.3, 0.4) is 0 Å². The van der Waals surface area contributed by atoms with Crippen molar-refractivity contribution in [1.29, 1.82) is 0 Å². The Balaban J connectivity index is 2.02. The second kappa shape index (κ2) is 7.04. The lowest BCUT2D eigenvalue weighted by molar-refractivity contribution is -0.121. The molecular weight excluding hydrogens is 292 g/mol. The van der Waals surface area contributed by atoms with Gasteiger partial charge in [0.1, 0.15) is 22.8 Å². The summed E-state index contributed by atoms with van der Waals surface area (Å²) in [4.78, 5) is 20.8. The number of carbonyl (C=O) groups is 1. The summed E-state index contributed by atoms with van der Waals surface area (Å²) in [6.07, 6.45) is 2.21. The highest BCUT2D eigenvalue weighted by Gasteiger charge is 2.28. The van der Waals surface area contributed by atoms with Gasteiger partial charge in [0.25, 0.3) is 0 Å². The van der Waals surface area contributed by atoms with E-state index in [0.717, 1.165) is 24.2 Å². The van der Waals surface area contributed by atoms with Crippen molar-refractivity contribution in [2.45, 2.75) is 38.6 Å². The van der Waals surface area contributed by atoms with E-state index < -0.39 is 6.04 Å².